The highest BCUT2D eigenvalue weighted by atomic mass is 35.5. The van der Waals surface area contributed by atoms with E-state index in [-0.39, 0.29) is 0 Å². The molecule has 0 saturated carbocycles. The van der Waals surface area contributed by atoms with Crippen LogP contribution in [0, 0.1) is 6.92 Å². The normalized spacial score (nSPS) is 13.2. The molecule has 0 amide bonds. The number of hydrogen-bond donors (Lipinski definition) is 2. The van der Waals surface area contributed by atoms with E-state index in [1.54, 1.807) is 25.1 Å². The fraction of sp³-hybridized carbons (Fsp3) is 0.200. The molecular weight excluding hydrogens is 301 g/mol. The molecular formula is C15H14ClF3N2. The van der Waals surface area contributed by atoms with Crippen molar-refractivity contribution in [1.29, 1.82) is 0 Å². The van der Waals surface area contributed by atoms with Crippen molar-refractivity contribution in [2.24, 2.45) is 5.84 Å². The Balaban J connectivity index is 2.44. The second kappa shape index (κ2) is 6.05. The lowest BCUT2D eigenvalue weighted by atomic mass is 9.94. The van der Waals surface area contributed by atoms with E-state index in [1.807, 2.05) is 6.07 Å². The Morgan fingerprint density at radius 1 is 1.14 bits per heavy atom. The summed E-state index contributed by atoms with van der Waals surface area (Å²) in [4.78, 5) is 0. The van der Waals surface area contributed by atoms with Crippen molar-refractivity contribution in [3.8, 4) is 0 Å². The molecule has 21 heavy (non-hydrogen) atoms. The lowest BCUT2D eigenvalue weighted by Gasteiger charge is -2.20. The van der Waals surface area contributed by atoms with E-state index in [1.165, 1.54) is 6.07 Å². The molecule has 0 saturated heterocycles. The molecule has 0 aliphatic carbocycles. The Morgan fingerprint density at radius 2 is 1.86 bits per heavy atom. The van der Waals surface area contributed by atoms with Crippen LogP contribution in [0.25, 0.3) is 0 Å². The number of hydrazine groups is 1. The van der Waals surface area contributed by atoms with Crippen LogP contribution in [-0.2, 0) is 6.18 Å². The zero-order valence-corrected chi connectivity index (χ0v) is 12.0. The zero-order valence-electron chi connectivity index (χ0n) is 11.2. The summed E-state index contributed by atoms with van der Waals surface area (Å²) in [7, 11) is 0. The number of nitrogens with one attached hydrogen (secondary N) is 1. The maximum atomic E-state index is 12.7. The Labute approximate surface area is 125 Å². The summed E-state index contributed by atoms with van der Waals surface area (Å²) in [6.45, 7) is 1.62. The number of aryl methyl sites for hydroxylation is 1. The van der Waals surface area contributed by atoms with Gasteiger partial charge in [-0.3, -0.25) is 5.84 Å². The first-order valence-corrected chi connectivity index (χ1v) is 6.60. The van der Waals surface area contributed by atoms with Gasteiger partial charge in [0, 0.05) is 5.02 Å². The van der Waals surface area contributed by atoms with Gasteiger partial charge in [-0.15, -0.1) is 0 Å². The zero-order chi connectivity index (χ0) is 15.6. The molecule has 0 aromatic heterocycles. The minimum absolute atomic E-state index is 0.425. The summed E-state index contributed by atoms with van der Waals surface area (Å²) in [5.74, 6) is 5.56. The lowest BCUT2D eigenvalue weighted by molar-refractivity contribution is -0.137. The van der Waals surface area contributed by atoms with Crippen LogP contribution in [0.5, 0.6) is 0 Å². The average molecular weight is 315 g/mol. The van der Waals surface area contributed by atoms with Gasteiger partial charge >= 0.3 is 6.18 Å². The molecule has 1 unspecified atom stereocenters. The van der Waals surface area contributed by atoms with Crippen LogP contribution < -0.4 is 11.3 Å². The standard InChI is InChI=1S/C15H14ClF3N2/c1-9-7-11(15(17,18)19)5-6-13(9)14(21-20)10-3-2-4-12(16)8-10/h2-8,14,21H,20H2,1H3. The fourth-order valence-electron chi connectivity index (χ4n) is 2.23. The molecule has 6 heteroatoms. The van der Waals surface area contributed by atoms with Gasteiger partial charge in [0.2, 0.25) is 0 Å². The third kappa shape index (κ3) is 3.56. The van der Waals surface area contributed by atoms with E-state index in [9.17, 15) is 13.2 Å². The average Bonchev–Trinajstić information content (AvgIpc) is 2.40. The van der Waals surface area contributed by atoms with Crippen LogP contribution >= 0.6 is 11.6 Å². The van der Waals surface area contributed by atoms with Crippen LogP contribution in [0.4, 0.5) is 13.2 Å². The number of rotatable bonds is 3. The van der Waals surface area contributed by atoms with Gasteiger partial charge in [-0.2, -0.15) is 13.2 Å². The Morgan fingerprint density at radius 3 is 2.38 bits per heavy atom. The molecule has 3 N–H and O–H groups in total. The molecule has 2 aromatic rings. The number of nitrogens with two attached hydrogens (primary N) is 1. The van der Waals surface area contributed by atoms with Gasteiger partial charge < -0.3 is 0 Å². The summed E-state index contributed by atoms with van der Waals surface area (Å²) in [6, 6.07) is 10.2. The number of halogens is 4. The van der Waals surface area contributed by atoms with Crippen LogP contribution in [0.3, 0.4) is 0 Å². The first-order valence-electron chi connectivity index (χ1n) is 6.22. The van der Waals surface area contributed by atoms with Crippen LogP contribution in [0.1, 0.15) is 28.3 Å². The fourth-order valence-corrected chi connectivity index (χ4v) is 2.43. The SMILES string of the molecule is Cc1cc(C(F)(F)F)ccc1C(NN)c1cccc(Cl)c1. The van der Waals surface area contributed by atoms with Gasteiger partial charge in [0.1, 0.15) is 0 Å². The smallest absolute Gasteiger partial charge is 0.271 e. The second-order valence-corrected chi connectivity index (χ2v) is 5.16. The summed E-state index contributed by atoms with van der Waals surface area (Å²) in [6.07, 6.45) is -4.36. The topological polar surface area (TPSA) is 38.0 Å². The van der Waals surface area contributed by atoms with Crippen molar-refractivity contribution in [3.05, 3.63) is 69.7 Å². The summed E-state index contributed by atoms with van der Waals surface area (Å²) >= 11 is 5.94. The predicted octanol–water partition coefficient (Wildman–Crippen LogP) is 4.22. The molecule has 1 atom stereocenters. The molecule has 0 spiro atoms. The molecule has 0 bridgehead atoms. The van der Waals surface area contributed by atoms with Crippen molar-refractivity contribution in [1.82, 2.24) is 5.43 Å². The highest BCUT2D eigenvalue weighted by Gasteiger charge is 2.31. The number of hydrogen-bond acceptors (Lipinski definition) is 2. The van der Waals surface area contributed by atoms with Crippen LogP contribution in [-0.4, -0.2) is 0 Å². The molecule has 0 heterocycles. The van der Waals surface area contributed by atoms with Gasteiger partial charge in [-0.1, -0.05) is 29.8 Å². The summed E-state index contributed by atoms with van der Waals surface area (Å²) < 4.78 is 38.1. The molecule has 2 rings (SSSR count). The predicted molar refractivity (Wildman–Crippen MR) is 76.8 cm³/mol. The van der Waals surface area contributed by atoms with E-state index < -0.39 is 17.8 Å². The maximum absolute atomic E-state index is 12.7. The Bertz CT molecular complexity index is 641. The van der Waals surface area contributed by atoms with Gasteiger partial charge in [0.15, 0.2) is 0 Å². The molecule has 0 radical (unpaired) electrons. The van der Waals surface area contributed by atoms with Crippen molar-refractivity contribution in [3.63, 3.8) is 0 Å². The first kappa shape index (κ1) is 15.8. The molecule has 0 fully saturated rings. The molecule has 0 aliphatic heterocycles. The maximum Gasteiger partial charge on any atom is 0.416 e. The Hall–Kier alpha value is -1.56. The molecule has 2 nitrogen and oxygen atoms in total. The van der Waals surface area contributed by atoms with E-state index in [4.69, 9.17) is 17.4 Å². The van der Waals surface area contributed by atoms with Crippen molar-refractivity contribution < 1.29 is 13.2 Å². The summed E-state index contributed by atoms with van der Waals surface area (Å²) in [5, 5.41) is 0.539. The van der Waals surface area contributed by atoms with Crippen LogP contribution in [0.2, 0.25) is 5.02 Å². The molecule has 0 aliphatic rings. The van der Waals surface area contributed by atoms with E-state index in [0.717, 1.165) is 17.7 Å². The lowest BCUT2D eigenvalue weighted by Crippen LogP contribution is -2.29. The van der Waals surface area contributed by atoms with E-state index >= 15 is 0 Å². The first-order chi connectivity index (χ1) is 9.82. The van der Waals surface area contributed by atoms with Crippen LogP contribution in [0.15, 0.2) is 42.5 Å². The largest absolute Gasteiger partial charge is 0.416 e. The van der Waals surface area contributed by atoms with E-state index in [2.05, 4.69) is 5.43 Å². The third-order valence-corrected chi connectivity index (χ3v) is 3.49. The highest BCUT2D eigenvalue weighted by Crippen LogP contribution is 2.33. The highest BCUT2D eigenvalue weighted by molar-refractivity contribution is 6.30. The van der Waals surface area contributed by atoms with Gasteiger partial charge in [-0.05, 0) is 47.9 Å². The van der Waals surface area contributed by atoms with Gasteiger partial charge in [0.05, 0.1) is 11.6 Å². The van der Waals surface area contributed by atoms with Gasteiger partial charge in [0.25, 0.3) is 0 Å². The van der Waals surface area contributed by atoms with E-state index in [0.29, 0.717) is 16.1 Å². The minimum Gasteiger partial charge on any atom is -0.271 e. The quantitative estimate of drug-likeness (QED) is 0.657. The third-order valence-electron chi connectivity index (χ3n) is 3.26. The van der Waals surface area contributed by atoms with Gasteiger partial charge in [-0.25, -0.2) is 5.43 Å². The minimum atomic E-state index is -4.36. The second-order valence-electron chi connectivity index (χ2n) is 4.72. The molecule has 2 aromatic carbocycles. The Kier molecular flexibility index (Phi) is 4.56. The molecule has 112 valence electrons. The summed E-state index contributed by atoms with van der Waals surface area (Å²) in [5.41, 5.74) is 3.91. The van der Waals surface area contributed by atoms with Crippen molar-refractivity contribution >= 4 is 11.6 Å². The number of alkyl halides is 3. The monoisotopic (exact) mass is 314 g/mol. The van der Waals surface area contributed by atoms with Crippen molar-refractivity contribution in [2.75, 3.05) is 0 Å². The number of benzene rings is 2. The van der Waals surface area contributed by atoms with Crippen molar-refractivity contribution in [2.45, 2.75) is 19.1 Å².